The van der Waals surface area contributed by atoms with E-state index in [0.717, 1.165) is 5.56 Å². The average Bonchev–Trinajstić information content (AvgIpc) is 3.19. The summed E-state index contributed by atoms with van der Waals surface area (Å²) >= 11 is 1.19. The molecule has 28 heavy (non-hydrogen) atoms. The zero-order valence-electron chi connectivity index (χ0n) is 15.6. The Morgan fingerprint density at radius 1 is 1.00 bits per heavy atom. The molecule has 1 aromatic carbocycles. The number of hydrogen-bond donors (Lipinski definition) is 2. The van der Waals surface area contributed by atoms with Gasteiger partial charge < -0.3 is 10.1 Å². The van der Waals surface area contributed by atoms with Gasteiger partial charge in [-0.3, -0.25) is 19.7 Å². The predicted octanol–water partition coefficient (Wildman–Crippen LogP) is 1.93. The maximum absolute atomic E-state index is 12.3. The van der Waals surface area contributed by atoms with Crippen LogP contribution in [0.15, 0.2) is 47.8 Å². The molecule has 0 saturated heterocycles. The van der Waals surface area contributed by atoms with E-state index in [0.29, 0.717) is 4.88 Å². The minimum absolute atomic E-state index is 0.132. The fourth-order valence-electron chi connectivity index (χ4n) is 2.36. The molecular formula is C20H22N2O5S. The summed E-state index contributed by atoms with van der Waals surface area (Å²) < 4.78 is 4.98. The lowest BCUT2D eigenvalue weighted by atomic mass is 10.0. The van der Waals surface area contributed by atoms with Crippen LogP contribution in [0, 0.1) is 5.92 Å². The first-order valence-electron chi connectivity index (χ1n) is 8.74. The van der Waals surface area contributed by atoms with Gasteiger partial charge in [-0.15, -0.1) is 11.3 Å². The van der Waals surface area contributed by atoms with Crippen LogP contribution in [-0.2, 0) is 25.5 Å². The summed E-state index contributed by atoms with van der Waals surface area (Å²) in [6, 6.07) is 11.5. The van der Waals surface area contributed by atoms with Gasteiger partial charge in [0.05, 0.1) is 11.3 Å². The number of nitrogens with one attached hydrogen (secondary N) is 2. The van der Waals surface area contributed by atoms with E-state index in [2.05, 4.69) is 10.6 Å². The van der Waals surface area contributed by atoms with E-state index in [-0.39, 0.29) is 18.2 Å². The Kier molecular flexibility index (Phi) is 7.88. The third-order valence-electron chi connectivity index (χ3n) is 3.79. The highest BCUT2D eigenvalue weighted by Crippen LogP contribution is 2.08. The van der Waals surface area contributed by atoms with Crippen molar-refractivity contribution in [1.82, 2.24) is 10.6 Å². The number of rotatable bonds is 8. The zero-order valence-corrected chi connectivity index (χ0v) is 16.5. The van der Waals surface area contributed by atoms with Gasteiger partial charge in [0.2, 0.25) is 5.91 Å². The van der Waals surface area contributed by atoms with E-state index in [4.69, 9.17) is 4.74 Å². The number of carbonyl (C=O) groups excluding carboxylic acids is 4. The molecule has 1 atom stereocenters. The van der Waals surface area contributed by atoms with Crippen LogP contribution in [0.2, 0.25) is 0 Å². The standard InChI is InChI=1S/C20H22N2O5S/c1-13(2)18(21-16(23)11-14-7-4-3-5-8-14)20(26)27-12-17(24)22-19(25)15-9-6-10-28-15/h3-10,13,18H,11-12H2,1-2H3,(H,21,23)(H,22,24,25). The number of esters is 1. The SMILES string of the molecule is CC(C)C(NC(=O)Cc1ccccc1)C(=O)OCC(=O)NC(=O)c1cccs1. The van der Waals surface area contributed by atoms with Gasteiger partial charge in [-0.2, -0.15) is 0 Å². The third-order valence-corrected chi connectivity index (χ3v) is 4.66. The lowest BCUT2D eigenvalue weighted by Crippen LogP contribution is -2.46. The highest BCUT2D eigenvalue weighted by molar-refractivity contribution is 7.12. The molecule has 8 heteroatoms. The second kappa shape index (κ2) is 10.4. The molecule has 0 spiro atoms. The van der Waals surface area contributed by atoms with Gasteiger partial charge in [0.25, 0.3) is 11.8 Å². The number of imide groups is 1. The van der Waals surface area contributed by atoms with E-state index < -0.39 is 30.4 Å². The highest BCUT2D eigenvalue weighted by Gasteiger charge is 2.26. The fourth-order valence-corrected chi connectivity index (χ4v) is 2.98. The van der Waals surface area contributed by atoms with Crippen molar-refractivity contribution >= 4 is 35.0 Å². The first-order chi connectivity index (χ1) is 13.4. The lowest BCUT2D eigenvalue weighted by Gasteiger charge is -2.20. The molecule has 1 heterocycles. The van der Waals surface area contributed by atoms with Crippen molar-refractivity contribution in [3.63, 3.8) is 0 Å². The monoisotopic (exact) mass is 402 g/mol. The molecule has 1 unspecified atom stereocenters. The Balaban J connectivity index is 1.83. The van der Waals surface area contributed by atoms with Gasteiger partial charge in [0.1, 0.15) is 6.04 Å². The first-order valence-corrected chi connectivity index (χ1v) is 9.62. The number of thiophene rings is 1. The Hall–Kier alpha value is -3.00. The molecule has 3 amide bonds. The van der Waals surface area contributed by atoms with Gasteiger partial charge in [-0.05, 0) is 22.9 Å². The van der Waals surface area contributed by atoms with Crippen molar-refractivity contribution in [2.45, 2.75) is 26.3 Å². The second-order valence-electron chi connectivity index (χ2n) is 6.41. The summed E-state index contributed by atoms with van der Waals surface area (Å²) in [5.74, 6) is -2.56. The van der Waals surface area contributed by atoms with Crippen LogP contribution in [-0.4, -0.2) is 36.3 Å². The summed E-state index contributed by atoms with van der Waals surface area (Å²) in [6.07, 6.45) is 0.132. The van der Waals surface area contributed by atoms with Gasteiger partial charge in [0.15, 0.2) is 6.61 Å². The molecule has 0 aliphatic heterocycles. The van der Waals surface area contributed by atoms with Crippen molar-refractivity contribution in [3.05, 3.63) is 58.3 Å². The smallest absolute Gasteiger partial charge is 0.329 e. The molecule has 7 nitrogen and oxygen atoms in total. The van der Waals surface area contributed by atoms with Crippen molar-refractivity contribution in [3.8, 4) is 0 Å². The molecule has 2 rings (SSSR count). The summed E-state index contributed by atoms with van der Waals surface area (Å²) in [4.78, 5) is 48.5. The molecule has 2 aromatic rings. The Morgan fingerprint density at radius 3 is 2.32 bits per heavy atom. The van der Waals surface area contributed by atoms with Gasteiger partial charge >= 0.3 is 5.97 Å². The summed E-state index contributed by atoms with van der Waals surface area (Å²) in [5, 5.41) is 6.50. The van der Waals surface area contributed by atoms with Crippen molar-refractivity contribution in [2.24, 2.45) is 5.92 Å². The predicted molar refractivity (Wildman–Crippen MR) is 105 cm³/mol. The fraction of sp³-hybridized carbons (Fsp3) is 0.300. The van der Waals surface area contributed by atoms with Crippen LogP contribution >= 0.6 is 11.3 Å². The topological polar surface area (TPSA) is 102 Å². The van der Waals surface area contributed by atoms with Crippen LogP contribution in [0.1, 0.15) is 29.1 Å². The van der Waals surface area contributed by atoms with Gasteiger partial charge in [-0.1, -0.05) is 50.2 Å². The molecule has 0 bridgehead atoms. The normalized spacial score (nSPS) is 11.5. The Morgan fingerprint density at radius 2 is 1.71 bits per heavy atom. The molecular weight excluding hydrogens is 380 g/mol. The highest BCUT2D eigenvalue weighted by atomic mass is 32.1. The van der Waals surface area contributed by atoms with Gasteiger partial charge in [-0.25, -0.2) is 4.79 Å². The lowest BCUT2D eigenvalue weighted by molar-refractivity contribution is -0.152. The molecule has 2 N–H and O–H groups in total. The maximum Gasteiger partial charge on any atom is 0.329 e. The van der Waals surface area contributed by atoms with E-state index in [1.54, 1.807) is 31.4 Å². The van der Waals surface area contributed by atoms with E-state index >= 15 is 0 Å². The van der Waals surface area contributed by atoms with Crippen molar-refractivity contribution in [2.75, 3.05) is 6.61 Å². The number of ether oxygens (including phenoxy) is 1. The summed E-state index contributed by atoms with van der Waals surface area (Å²) in [6.45, 7) is 2.91. The van der Waals surface area contributed by atoms with Crippen LogP contribution in [0.3, 0.4) is 0 Å². The second-order valence-corrected chi connectivity index (χ2v) is 7.36. The quantitative estimate of drug-likeness (QED) is 0.657. The Bertz CT molecular complexity index is 818. The number of amides is 3. The molecule has 0 radical (unpaired) electrons. The number of benzene rings is 1. The largest absolute Gasteiger partial charge is 0.454 e. The number of carbonyl (C=O) groups is 4. The molecule has 0 saturated carbocycles. The van der Waals surface area contributed by atoms with Crippen LogP contribution < -0.4 is 10.6 Å². The minimum Gasteiger partial charge on any atom is -0.454 e. The Labute approximate surface area is 167 Å². The van der Waals surface area contributed by atoms with Crippen LogP contribution in [0.5, 0.6) is 0 Å². The average molecular weight is 402 g/mol. The third kappa shape index (κ3) is 6.62. The summed E-state index contributed by atoms with van der Waals surface area (Å²) in [5.41, 5.74) is 0.822. The van der Waals surface area contributed by atoms with E-state index in [1.165, 1.54) is 11.3 Å². The van der Waals surface area contributed by atoms with Crippen LogP contribution in [0.4, 0.5) is 0 Å². The molecule has 0 aliphatic carbocycles. The molecule has 0 aliphatic rings. The van der Waals surface area contributed by atoms with E-state index in [9.17, 15) is 19.2 Å². The molecule has 1 aromatic heterocycles. The zero-order chi connectivity index (χ0) is 20.5. The van der Waals surface area contributed by atoms with Crippen molar-refractivity contribution < 1.29 is 23.9 Å². The minimum atomic E-state index is -0.892. The molecule has 148 valence electrons. The number of hydrogen-bond acceptors (Lipinski definition) is 6. The first kappa shape index (κ1) is 21.3. The van der Waals surface area contributed by atoms with Crippen LogP contribution in [0.25, 0.3) is 0 Å². The molecule has 0 fully saturated rings. The summed E-state index contributed by atoms with van der Waals surface area (Å²) in [7, 11) is 0. The van der Waals surface area contributed by atoms with Crippen molar-refractivity contribution in [1.29, 1.82) is 0 Å². The maximum atomic E-state index is 12.3. The van der Waals surface area contributed by atoms with E-state index in [1.807, 2.05) is 30.3 Å². The van der Waals surface area contributed by atoms with Gasteiger partial charge in [0, 0.05) is 0 Å².